The van der Waals surface area contributed by atoms with E-state index < -0.39 is 139 Å². The Hall–Kier alpha value is -5.41. The lowest BCUT2D eigenvalue weighted by molar-refractivity contribution is -0.285. The van der Waals surface area contributed by atoms with Crippen molar-refractivity contribution in [3.05, 3.63) is 41.2 Å². The van der Waals surface area contributed by atoms with Gasteiger partial charge in [-0.1, -0.05) is 37.9 Å². The smallest absolute Gasteiger partial charge is 0.354 e. The molecule has 23 heteroatoms. The van der Waals surface area contributed by atoms with Gasteiger partial charge in [-0.05, 0) is 119 Å². The van der Waals surface area contributed by atoms with Crippen LogP contribution in [0.2, 0.25) is 5.02 Å². The Labute approximate surface area is 425 Å². The maximum absolute atomic E-state index is 15.1. The number of nitrogens with zero attached hydrogens (tertiary/aromatic N) is 5. The number of rotatable bonds is 12. The Morgan fingerprint density at radius 2 is 1.68 bits per heavy atom. The van der Waals surface area contributed by atoms with Crippen LogP contribution in [0.4, 0.5) is 26.3 Å². The average molecular weight is 1050 g/mol. The molecule has 7 amide bonds. The third-order valence-corrected chi connectivity index (χ3v) is 15.8. The van der Waals surface area contributed by atoms with Crippen molar-refractivity contribution < 1.29 is 59.9 Å². The minimum Gasteiger partial charge on any atom is -0.354 e. The largest absolute Gasteiger partial charge is 0.403 e. The molecule has 2 saturated heterocycles. The Morgan fingerprint density at radius 3 is 2.27 bits per heavy atom. The van der Waals surface area contributed by atoms with Gasteiger partial charge in [0.2, 0.25) is 41.4 Å². The van der Waals surface area contributed by atoms with Gasteiger partial charge in [-0.2, -0.15) is 27.1 Å². The van der Waals surface area contributed by atoms with E-state index in [0.717, 1.165) is 22.4 Å². The maximum atomic E-state index is 15.1. The normalized spacial score (nSPS) is 26.2. The van der Waals surface area contributed by atoms with E-state index in [1.807, 2.05) is 13.8 Å². The highest BCUT2D eigenvalue weighted by Gasteiger charge is 2.74. The van der Waals surface area contributed by atoms with E-state index in [1.165, 1.54) is 46.3 Å². The van der Waals surface area contributed by atoms with Crippen molar-refractivity contribution >= 4 is 53.0 Å². The van der Waals surface area contributed by atoms with Crippen LogP contribution in [0, 0.1) is 22.7 Å². The minimum atomic E-state index is -4.93. The molecule has 4 N–H and O–H groups in total. The number of hydrogen-bond donors (Lipinski definition) is 4. The Bertz CT molecular complexity index is 2440. The summed E-state index contributed by atoms with van der Waals surface area (Å²) in [6, 6.07) is -2.29. The number of nitrogens with one attached hydrogen (secondary N) is 4. The minimum absolute atomic E-state index is 0.00555. The van der Waals surface area contributed by atoms with Crippen LogP contribution in [0.25, 0.3) is 11.1 Å². The number of hydrogen-bond acceptors (Lipinski definition) is 8. The fourth-order valence-electron chi connectivity index (χ4n) is 11.1. The van der Waals surface area contributed by atoms with Crippen molar-refractivity contribution in [1.82, 2.24) is 45.7 Å². The van der Waals surface area contributed by atoms with Crippen molar-refractivity contribution in [3.8, 4) is 11.1 Å². The van der Waals surface area contributed by atoms with Crippen molar-refractivity contribution in [2.24, 2.45) is 22.7 Å². The summed E-state index contributed by atoms with van der Waals surface area (Å²) in [6.07, 6.45) is -2.63. The Kier molecular flexibility index (Phi) is 16.3. The second-order valence-electron chi connectivity index (χ2n) is 21.9. The van der Waals surface area contributed by atoms with Gasteiger partial charge in [0.05, 0.1) is 12.7 Å². The molecule has 0 bridgehead atoms. The maximum Gasteiger partial charge on any atom is 0.403 e. The monoisotopic (exact) mass is 1050 g/mol. The van der Waals surface area contributed by atoms with E-state index in [9.17, 15) is 55.5 Å². The van der Waals surface area contributed by atoms with E-state index in [2.05, 4.69) is 26.4 Å². The predicted octanol–water partition coefficient (Wildman–Crippen LogP) is 5.87. The van der Waals surface area contributed by atoms with Crippen LogP contribution in [0.5, 0.6) is 0 Å². The molecule has 7 rings (SSSR count). The molecule has 5 fully saturated rings. The van der Waals surface area contributed by atoms with Crippen LogP contribution in [0.15, 0.2) is 30.6 Å². The molecule has 5 aliphatic rings. The van der Waals surface area contributed by atoms with Crippen molar-refractivity contribution in [3.63, 3.8) is 0 Å². The molecule has 0 radical (unpaired) electrons. The number of amides is 7. The quantitative estimate of drug-likeness (QED) is 0.190. The first-order chi connectivity index (χ1) is 34.2. The summed E-state index contributed by atoms with van der Waals surface area (Å²) in [7, 11) is 2.70. The van der Waals surface area contributed by atoms with Gasteiger partial charge in [0.15, 0.2) is 0 Å². The van der Waals surface area contributed by atoms with E-state index in [1.54, 1.807) is 6.07 Å². The number of carbonyl (C=O) groups excluding carboxylic acids is 7. The number of likely N-dealkylation sites (N-methyl/N-ethyl adjacent to an activating group) is 2. The van der Waals surface area contributed by atoms with Crippen LogP contribution in [-0.2, 0) is 40.0 Å². The molecule has 3 heterocycles. The second-order valence-corrected chi connectivity index (χ2v) is 22.3. The van der Waals surface area contributed by atoms with Crippen LogP contribution >= 0.6 is 11.6 Å². The highest BCUT2D eigenvalue weighted by atomic mass is 35.5. The lowest BCUT2D eigenvalue weighted by atomic mass is 9.44. The zero-order valence-corrected chi connectivity index (χ0v) is 42.7. The summed E-state index contributed by atoms with van der Waals surface area (Å²) in [5, 5.41) is 15.0. The fraction of sp³-hybridized carbons (Fsp3) is 0.680. The highest BCUT2D eigenvalue weighted by molar-refractivity contribution is 6.30. The summed E-state index contributed by atoms with van der Waals surface area (Å²) >= 11 is 6.44. The number of aromatic nitrogens is 2. The standard InChI is InChI=1S/C50H66ClF6N9O7/c1-27(2)18-34-42(70)64(6)36(20-29-19-31(51)13-14-33(29)30-22-59-66(23-30)46(53)54)41(69)62-47(3,4)44(72)58-17-8-7-10-35(39(67)60-34)63(5)43(71)38(28-11-12-28)61-40(68)37-21-32(52)24-65(37)45(73)49(50(55,56)57)25-48(26-49)15-9-16-48/h13-14,19,22-23,27-28,32,34-38,46H,7-12,15-18,20-21,24-26H2,1-6H3,(H,58,72)(H,60,67)(H,61,68)(H,62,69)/t32-,34+,35+,36+,37+,38+/m1/s1. The Balaban J connectivity index is 1.15. The van der Waals surface area contributed by atoms with E-state index in [-0.39, 0.29) is 48.7 Å². The van der Waals surface area contributed by atoms with Gasteiger partial charge in [0.25, 0.3) is 0 Å². The van der Waals surface area contributed by atoms with Crippen LogP contribution in [0.3, 0.4) is 0 Å². The summed E-state index contributed by atoms with van der Waals surface area (Å²) in [5.41, 5.74) is -3.85. The highest BCUT2D eigenvalue weighted by Crippen LogP contribution is 2.69. The van der Waals surface area contributed by atoms with Gasteiger partial charge < -0.3 is 36.0 Å². The number of benzene rings is 1. The number of carbonyl (C=O) groups is 7. The first-order valence-electron chi connectivity index (χ1n) is 25.0. The molecule has 1 spiro atoms. The van der Waals surface area contributed by atoms with E-state index in [0.29, 0.717) is 52.8 Å². The Morgan fingerprint density at radius 1 is 1.00 bits per heavy atom. The lowest BCUT2D eigenvalue weighted by Crippen LogP contribution is -2.66. The van der Waals surface area contributed by atoms with Crippen LogP contribution < -0.4 is 21.3 Å². The first-order valence-corrected chi connectivity index (χ1v) is 25.4. The molecule has 1 aromatic carbocycles. The molecule has 1 aromatic heterocycles. The zero-order chi connectivity index (χ0) is 53.5. The molecule has 3 aliphatic carbocycles. The van der Waals surface area contributed by atoms with E-state index in [4.69, 9.17) is 11.6 Å². The summed E-state index contributed by atoms with van der Waals surface area (Å²) in [5.74, 6) is -6.55. The van der Waals surface area contributed by atoms with Gasteiger partial charge >= 0.3 is 12.7 Å². The first kappa shape index (κ1) is 55.3. The molecule has 402 valence electrons. The molecular formula is C50H66ClF6N9O7. The van der Waals surface area contributed by atoms with Crippen LogP contribution in [0.1, 0.15) is 117 Å². The van der Waals surface area contributed by atoms with Gasteiger partial charge in [-0.3, -0.25) is 33.6 Å². The van der Waals surface area contributed by atoms with Crippen molar-refractivity contribution in [2.75, 3.05) is 27.2 Å². The van der Waals surface area contributed by atoms with Gasteiger partial charge in [0.1, 0.15) is 47.3 Å². The number of halogens is 7. The number of alkyl halides is 6. The molecule has 0 unspecified atom stereocenters. The van der Waals surface area contributed by atoms with Crippen LogP contribution in [-0.4, -0.2) is 141 Å². The van der Waals surface area contributed by atoms with Gasteiger partial charge in [0, 0.05) is 50.3 Å². The molecule has 6 atom stereocenters. The topological polar surface area (TPSA) is 195 Å². The fourth-order valence-corrected chi connectivity index (χ4v) is 11.3. The summed E-state index contributed by atoms with van der Waals surface area (Å²) in [6.45, 7) is 3.01. The van der Waals surface area contributed by atoms with E-state index >= 15 is 4.39 Å². The van der Waals surface area contributed by atoms with Crippen molar-refractivity contribution in [1.29, 1.82) is 0 Å². The summed E-state index contributed by atoms with van der Waals surface area (Å²) in [4.78, 5) is 103. The number of likely N-dealkylation sites (tertiary alicyclic amines) is 1. The third-order valence-electron chi connectivity index (χ3n) is 15.5. The summed E-state index contributed by atoms with van der Waals surface area (Å²) < 4.78 is 87.0. The SMILES string of the molecule is CC(C)C[C@@H]1NC(=O)[C@@H](N(C)C(=O)[C@@H](NC(=O)[C@@H]2C[C@@H](F)CN2C(=O)C2(C(F)(F)F)CC3(CCC3)C2)C2CC2)CCCCNC(=O)C(C)(C)NC(=O)[C@H](Cc2cc(Cl)ccc2-c2cnn(C(F)F)c2)N(C)C1=O. The molecule has 3 saturated carbocycles. The average Bonchev–Trinajstić information content (AvgIpc) is 3.86. The molecule has 16 nitrogen and oxygen atoms in total. The molecular weight excluding hydrogens is 988 g/mol. The third kappa shape index (κ3) is 11.8. The molecule has 2 aromatic rings. The second kappa shape index (κ2) is 21.4. The zero-order valence-electron chi connectivity index (χ0n) is 41.9. The molecule has 73 heavy (non-hydrogen) atoms. The molecule has 2 aliphatic heterocycles. The predicted molar refractivity (Wildman–Crippen MR) is 255 cm³/mol. The lowest BCUT2D eigenvalue weighted by Gasteiger charge is -2.60. The van der Waals surface area contributed by atoms with Crippen molar-refractivity contribution in [2.45, 2.75) is 166 Å². The van der Waals surface area contributed by atoms with Gasteiger partial charge in [-0.25, -0.2) is 9.07 Å². The van der Waals surface area contributed by atoms with Gasteiger partial charge in [-0.15, -0.1) is 0 Å².